The molecule has 0 atom stereocenters. The maximum absolute atomic E-state index is 12.5. The van der Waals surface area contributed by atoms with Crippen molar-refractivity contribution in [3.63, 3.8) is 0 Å². The molecule has 2 heterocycles. The second-order valence-electron chi connectivity index (χ2n) is 8.49. The van der Waals surface area contributed by atoms with E-state index in [1.54, 1.807) is 13.2 Å². The molecule has 1 aliphatic carbocycles. The summed E-state index contributed by atoms with van der Waals surface area (Å²) >= 11 is 0. The molecule has 2 aliphatic rings. The van der Waals surface area contributed by atoms with Crippen molar-refractivity contribution in [3.8, 4) is 0 Å². The lowest BCUT2D eigenvalue weighted by Crippen LogP contribution is -2.41. The molecule has 0 unspecified atom stereocenters. The SMILES string of the molecule is COCCO[C@H]1C[C@@H](Nc2cc(C(=O)NCCCN3CCc4ccccc4C3)ncn2)C1. The van der Waals surface area contributed by atoms with Gasteiger partial charge in [0.15, 0.2) is 0 Å². The number of benzene rings is 1. The Balaban J connectivity index is 1.15. The van der Waals surface area contributed by atoms with E-state index in [-0.39, 0.29) is 12.0 Å². The number of nitrogens with one attached hydrogen (secondary N) is 2. The highest BCUT2D eigenvalue weighted by atomic mass is 16.5. The fourth-order valence-corrected chi connectivity index (χ4v) is 4.23. The number of amides is 1. The highest BCUT2D eigenvalue weighted by Gasteiger charge is 2.30. The van der Waals surface area contributed by atoms with Crippen LogP contribution in [0, 0.1) is 0 Å². The van der Waals surface area contributed by atoms with E-state index >= 15 is 0 Å². The zero-order chi connectivity index (χ0) is 22.2. The van der Waals surface area contributed by atoms with Gasteiger partial charge in [-0.05, 0) is 36.8 Å². The summed E-state index contributed by atoms with van der Waals surface area (Å²) in [6, 6.07) is 10.7. The van der Waals surface area contributed by atoms with Gasteiger partial charge in [0.05, 0.1) is 19.3 Å². The lowest BCUT2D eigenvalue weighted by atomic mass is 9.89. The molecule has 1 aromatic heterocycles. The highest BCUT2D eigenvalue weighted by Crippen LogP contribution is 2.26. The van der Waals surface area contributed by atoms with Crippen LogP contribution in [-0.4, -0.2) is 72.9 Å². The lowest BCUT2D eigenvalue weighted by molar-refractivity contribution is -0.0261. The second kappa shape index (κ2) is 11.4. The summed E-state index contributed by atoms with van der Waals surface area (Å²) in [6.07, 6.45) is 5.57. The Bertz CT molecular complexity index is 887. The van der Waals surface area contributed by atoms with E-state index < -0.39 is 0 Å². The van der Waals surface area contributed by atoms with Crippen molar-refractivity contribution in [3.05, 3.63) is 53.5 Å². The molecule has 8 heteroatoms. The standard InChI is InChI=1S/C24H33N5O3/c1-31-11-12-32-21-13-20(14-21)28-23-15-22(26-17-27-23)24(30)25-8-4-9-29-10-7-18-5-2-3-6-19(18)16-29/h2-3,5-6,15,17,20-21H,4,7-14,16H2,1H3,(H,25,30)(H,26,27,28)/t20-,21+. The minimum absolute atomic E-state index is 0.158. The number of fused-ring (bicyclic) bond motifs is 1. The Morgan fingerprint density at radius 1 is 1.19 bits per heavy atom. The van der Waals surface area contributed by atoms with Crippen LogP contribution in [0.25, 0.3) is 0 Å². The minimum atomic E-state index is -0.158. The van der Waals surface area contributed by atoms with Gasteiger partial charge >= 0.3 is 0 Å². The molecule has 172 valence electrons. The van der Waals surface area contributed by atoms with Crippen LogP contribution in [0.2, 0.25) is 0 Å². The molecule has 32 heavy (non-hydrogen) atoms. The summed E-state index contributed by atoms with van der Waals surface area (Å²) in [7, 11) is 1.67. The van der Waals surface area contributed by atoms with Gasteiger partial charge in [0.2, 0.25) is 0 Å². The van der Waals surface area contributed by atoms with Crippen molar-refractivity contribution in [2.45, 2.75) is 44.4 Å². The van der Waals surface area contributed by atoms with Crippen molar-refractivity contribution >= 4 is 11.7 Å². The van der Waals surface area contributed by atoms with Gasteiger partial charge in [0.25, 0.3) is 5.91 Å². The fraction of sp³-hybridized carbons (Fsp3) is 0.542. The van der Waals surface area contributed by atoms with Crippen LogP contribution < -0.4 is 10.6 Å². The summed E-state index contributed by atoms with van der Waals surface area (Å²) < 4.78 is 10.7. The average molecular weight is 440 g/mol. The largest absolute Gasteiger partial charge is 0.382 e. The minimum Gasteiger partial charge on any atom is -0.382 e. The van der Waals surface area contributed by atoms with E-state index in [2.05, 4.69) is 49.8 Å². The molecule has 2 aromatic rings. The first kappa shape index (κ1) is 22.6. The number of methoxy groups -OCH3 is 1. The van der Waals surface area contributed by atoms with Crippen molar-refractivity contribution in [1.29, 1.82) is 0 Å². The zero-order valence-corrected chi connectivity index (χ0v) is 18.8. The molecule has 1 amide bonds. The molecule has 0 spiro atoms. The zero-order valence-electron chi connectivity index (χ0n) is 18.8. The van der Waals surface area contributed by atoms with Crippen LogP contribution in [0.4, 0.5) is 5.82 Å². The summed E-state index contributed by atoms with van der Waals surface area (Å²) in [5, 5.41) is 6.35. The second-order valence-corrected chi connectivity index (χ2v) is 8.49. The summed E-state index contributed by atoms with van der Waals surface area (Å²) in [5.41, 5.74) is 3.27. The average Bonchev–Trinajstić information content (AvgIpc) is 2.80. The molecule has 1 aliphatic heterocycles. The third-order valence-electron chi connectivity index (χ3n) is 6.13. The molecule has 8 nitrogen and oxygen atoms in total. The number of anilines is 1. The predicted molar refractivity (Wildman–Crippen MR) is 123 cm³/mol. The monoisotopic (exact) mass is 439 g/mol. The van der Waals surface area contributed by atoms with Gasteiger partial charge in [-0.25, -0.2) is 9.97 Å². The normalized spacial score (nSPS) is 20.3. The fourth-order valence-electron chi connectivity index (χ4n) is 4.23. The summed E-state index contributed by atoms with van der Waals surface area (Å²) in [5.74, 6) is 0.520. The van der Waals surface area contributed by atoms with Crippen LogP contribution in [0.1, 0.15) is 40.9 Å². The third kappa shape index (κ3) is 6.25. The molecule has 1 saturated carbocycles. The van der Waals surface area contributed by atoms with Crippen molar-refractivity contribution < 1.29 is 14.3 Å². The van der Waals surface area contributed by atoms with E-state index in [1.807, 2.05) is 0 Å². The van der Waals surface area contributed by atoms with Crippen LogP contribution in [-0.2, 0) is 22.4 Å². The first-order chi connectivity index (χ1) is 15.7. The van der Waals surface area contributed by atoms with Gasteiger partial charge in [-0.1, -0.05) is 24.3 Å². The molecule has 0 bridgehead atoms. The molecular weight excluding hydrogens is 406 g/mol. The van der Waals surface area contributed by atoms with Crippen LogP contribution in [0.15, 0.2) is 36.7 Å². The lowest BCUT2D eigenvalue weighted by Gasteiger charge is -2.35. The molecule has 4 rings (SSSR count). The van der Waals surface area contributed by atoms with Crippen molar-refractivity contribution in [2.75, 3.05) is 45.3 Å². The summed E-state index contributed by atoms with van der Waals surface area (Å²) in [6.45, 7) is 4.91. The molecule has 0 radical (unpaired) electrons. The molecule has 0 saturated heterocycles. The number of nitrogens with zero attached hydrogens (tertiary/aromatic N) is 3. The third-order valence-corrected chi connectivity index (χ3v) is 6.13. The van der Waals surface area contributed by atoms with E-state index in [9.17, 15) is 4.79 Å². The number of ether oxygens (including phenoxy) is 2. The molecule has 2 N–H and O–H groups in total. The Morgan fingerprint density at radius 3 is 2.88 bits per heavy atom. The van der Waals surface area contributed by atoms with E-state index in [4.69, 9.17) is 9.47 Å². The number of hydrogen-bond acceptors (Lipinski definition) is 7. The van der Waals surface area contributed by atoms with Gasteiger partial charge in [0.1, 0.15) is 17.8 Å². The highest BCUT2D eigenvalue weighted by molar-refractivity contribution is 5.92. The maximum atomic E-state index is 12.5. The predicted octanol–water partition coefficient (Wildman–Crippen LogP) is 2.26. The first-order valence-corrected chi connectivity index (χ1v) is 11.5. The van der Waals surface area contributed by atoms with Crippen LogP contribution >= 0.6 is 0 Å². The van der Waals surface area contributed by atoms with Gasteiger partial charge in [0, 0.05) is 45.4 Å². The quantitative estimate of drug-likeness (QED) is 0.519. The summed E-state index contributed by atoms with van der Waals surface area (Å²) in [4.78, 5) is 23.3. The van der Waals surface area contributed by atoms with Gasteiger partial charge < -0.3 is 20.1 Å². The Kier molecular flexibility index (Phi) is 8.03. The topological polar surface area (TPSA) is 88.6 Å². The van der Waals surface area contributed by atoms with E-state index in [0.717, 1.165) is 45.3 Å². The van der Waals surface area contributed by atoms with Crippen molar-refractivity contribution in [1.82, 2.24) is 20.2 Å². The van der Waals surface area contributed by atoms with E-state index in [0.29, 0.717) is 37.3 Å². The van der Waals surface area contributed by atoms with Gasteiger partial charge in [-0.15, -0.1) is 0 Å². The van der Waals surface area contributed by atoms with E-state index in [1.165, 1.54) is 17.5 Å². The molecule has 1 fully saturated rings. The van der Waals surface area contributed by atoms with Crippen LogP contribution in [0.5, 0.6) is 0 Å². The number of rotatable bonds is 11. The number of hydrogen-bond donors (Lipinski definition) is 2. The smallest absolute Gasteiger partial charge is 0.270 e. The Hall–Kier alpha value is -2.55. The van der Waals surface area contributed by atoms with Gasteiger partial charge in [-0.3, -0.25) is 9.69 Å². The molecule has 1 aromatic carbocycles. The number of aromatic nitrogens is 2. The van der Waals surface area contributed by atoms with Crippen LogP contribution in [0.3, 0.4) is 0 Å². The Labute approximate surface area is 189 Å². The maximum Gasteiger partial charge on any atom is 0.270 e. The first-order valence-electron chi connectivity index (χ1n) is 11.5. The number of carbonyl (C=O) groups is 1. The molecular formula is C24H33N5O3. The van der Waals surface area contributed by atoms with Crippen molar-refractivity contribution in [2.24, 2.45) is 0 Å². The Morgan fingerprint density at radius 2 is 2.03 bits per heavy atom. The number of carbonyl (C=O) groups excluding carboxylic acids is 1. The van der Waals surface area contributed by atoms with Gasteiger partial charge in [-0.2, -0.15) is 0 Å².